The van der Waals surface area contributed by atoms with Crippen LogP contribution < -0.4 is 5.56 Å². The molecule has 74 valence electrons. The minimum Gasteiger partial charge on any atom is -0.328 e. The number of fused-ring (bicyclic) bond motifs is 1. The molecule has 0 unspecified atom stereocenters. The zero-order chi connectivity index (χ0) is 10.6. The second-order valence-corrected chi connectivity index (χ2v) is 2.72. The molecule has 0 fully saturated rings. The Morgan fingerprint density at radius 3 is 2.64 bits per heavy atom. The summed E-state index contributed by atoms with van der Waals surface area (Å²) in [5.74, 6) is 0. The van der Waals surface area contributed by atoms with Gasteiger partial charge in [-0.15, -0.1) is 0 Å². The van der Waals surface area contributed by atoms with Crippen molar-refractivity contribution in [3.63, 3.8) is 0 Å². The van der Waals surface area contributed by atoms with Gasteiger partial charge in [0.2, 0.25) is 0 Å². The van der Waals surface area contributed by atoms with Gasteiger partial charge in [0.25, 0.3) is 5.56 Å². The summed E-state index contributed by atoms with van der Waals surface area (Å²) < 4.78 is 0. The Bertz CT molecular complexity index is 474. The van der Waals surface area contributed by atoms with E-state index in [0.29, 0.717) is 5.39 Å². The maximum atomic E-state index is 11.2. The molecule has 0 radical (unpaired) electrons. The van der Waals surface area contributed by atoms with Crippen LogP contribution >= 0.6 is 0 Å². The van der Waals surface area contributed by atoms with Gasteiger partial charge in [-0.3, -0.25) is 9.78 Å². The summed E-state index contributed by atoms with van der Waals surface area (Å²) >= 11 is 0. The number of hydrogen-bond acceptors (Lipinski definition) is 2. The first-order valence-corrected chi connectivity index (χ1v) is 4.71. The molecule has 1 N–H and O–H groups in total. The first-order chi connectivity index (χ1) is 6.79. The van der Waals surface area contributed by atoms with E-state index in [2.05, 4.69) is 9.97 Å². The van der Waals surface area contributed by atoms with E-state index in [-0.39, 0.29) is 5.56 Å². The molecule has 0 amide bonds. The number of pyridine rings is 2. The molecule has 2 heterocycles. The summed E-state index contributed by atoms with van der Waals surface area (Å²) in [5, 5.41) is 1.62. The van der Waals surface area contributed by atoms with Crippen molar-refractivity contribution in [2.24, 2.45) is 0 Å². The minimum atomic E-state index is -0.0799. The van der Waals surface area contributed by atoms with Crippen LogP contribution in [0.15, 0.2) is 29.5 Å². The number of nitrogens with zero attached hydrogens (tertiary/aromatic N) is 1. The zero-order valence-corrected chi connectivity index (χ0v) is 8.66. The normalized spacial score (nSPS) is 9.36. The summed E-state index contributed by atoms with van der Waals surface area (Å²) in [7, 11) is 0. The van der Waals surface area contributed by atoms with Crippen LogP contribution in [0.2, 0.25) is 0 Å². The molecule has 0 atom stereocenters. The monoisotopic (exact) mass is 190 g/mol. The first-order valence-electron chi connectivity index (χ1n) is 4.71. The molecule has 3 heteroatoms. The number of rotatable bonds is 0. The Labute approximate surface area is 82.8 Å². The number of H-pyrrole nitrogens is 1. The van der Waals surface area contributed by atoms with Crippen molar-refractivity contribution in [3.8, 4) is 0 Å². The van der Waals surface area contributed by atoms with Crippen LogP contribution in [0.4, 0.5) is 0 Å². The highest BCUT2D eigenvalue weighted by Crippen LogP contribution is 2.10. The van der Waals surface area contributed by atoms with Gasteiger partial charge in [0, 0.05) is 18.6 Å². The van der Waals surface area contributed by atoms with E-state index in [9.17, 15) is 4.79 Å². The van der Waals surface area contributed by atoms with Gasteiger partial charge in [-0.05, 0) is 23.9 Å². The van der Waals surface area contributed by atoms with E-state index in [1.165, 1.54) is 0 Å². The molecular formula is C11H14N2O. The van der Waals surface area contributed by atoms with E-state index in [4.69, 9.17) is 0 Å². The van der Waals surface area contributed by atoms with Gasteiger partial charge in [0.05, 0.1) is 5.39 Å². The molecule has 0 aliphatic rings. The zero-order valence-electron chi connectivity index (χ0n) is 8.66. The van der Waals surface area contributed by atoms with Gasteiger partial charge in [-0.1, -0.05) is 13.8 Å². The minimum absolute atomic E-state index is 0.0799. The summed E-state index contributed by atoms with van der Waals surface area (Å²) in [6.07, 6.45) is 4.99. The molecule has 0 aliphatic carbocycles. The SMILES string of the molecule is CC.Cc1c[nH]c(=O)c2cnccc12. The number of aromatic nitrogens is 2. The summed E-state index contributed by atoms with van der Waals surface area (Å²) in [6.45, 7) is 5.96. The second kappa shape index (κ2) is 4.56. The van der Waals surface area contributed by atoms with Crippen LogP contribution in [0.5, 0.6) is 0 Å². The third-order valence-electron chi connectivity index (χ3n) is 1.91. The molecule has 14 heavy (non-hydrogen) atoms. The van der Waals surface area contributed by atoms with Crippen molar-refractivity contribution in [1.82, 2.24) is 9.97 Å². The average Bonchev–Trinajstić information content (AvgIpc) is 2.27. The van der Waals surface area contributed by atoms with Gasteiger partial charge in [-0.2, -0.15) is 0 Å². The van der Waals surface area contributed by atoms with Crippen LogP contribution in [-0.2, 0) is 0 Å². The molecule has 0 saturated carbocycles. The molecule has 3 nitrogen and oxygen atoms in total. The van der Waals surface area contributed by atoms with Crippen LogP contribution in [0, 0.1) is 6.92 Å². The van der Waals surface area contributed by atoms with E-state index in [0.717, 1.165) is 10.9 Å². The lowest BCUT2D eigenvalue weighted by Crippen LogP contribution is -2.05. The third kappa shape index (κ3) is 1.82. The van der Waals surface area contributed by atoms with Crippen LogP contribution in [-0.4, -0.2) is 9.97 Å². The van der Waals surface area contributed by atoms with Crippen molar-refractivity contribution >= 4 is 10.8 Å². The lowest BCUT2D eigenvalue weighted by atomic mass is 10.1. The molecule has 0 aromatic carbocycles. The highest BCUT2D eigenvalue weighted by Gasteiger charge is 1.98. The molecule has 0 aliphatic heterocycles. The predicted octanol–water partition coefficient (Wildman–Crippen LogP) is 2.26. The van der Waals surface area contributed by atoms with E-state index in [1.54, 1.807) is 18.6 Å². The second-order valence-electron chi connectivity index (χ2n) is 2.72. The Morgan fingerprint density at radius 2 is 2.00 bits per heavy atom. The van der Waals surface area contributed by atoms with Gasteiger partial charge in [0.1, 0.15) is 0 Å². The van der Waals surface area contributed by atoms with Crippen molar-refractivity contribution < 1.29 is 0 Å². The largest absolute Gasteiger partial charge is 0.328 e. The fourth-order valence-electron chi connectivity index (χ4n) is 1.25. The fourth-order valence-corrected chi connectivity index (χ4v) is 1.25. The topological polar surface area (TPSA) is 45.8 Å². The lowest BCUT2D eigenvalue weighted by Gasteiger charge is -1.97. The van der Waals surface area contributed by atoms with Gasteiger partial charge >= 0.3 is 0 Å². The Balaban J connectivity index is 0.000000461. The third-order valence-corrected chi connectivity index (χ3v) is 1.91. The molecule has 0 bridgehead atoms. The standard InChI is InChI=1S/C9H8N2O.C2H6/c1-6-4-11-9(12)8-5-10-3-2-7(6)8;1-2/h2-5H,1H3,(H,11,12);1-2H3. The highest BCUT2D eigenvalue weighted by atomic mass is 16.1. The number of aromatic amines is 1. The average molecular weight is 190 g/mol. The molecule has 0 spiro atoms. The van der Waals surface area contributed by atoms with Gasteiger partial charge in [0.15, 0.2) is 0 Å². The molecular weight excluding hydrogens is 176 g/mol. The molecule has 2 aromatic rings. The van der Waals surface area contributed by atoms with Crippen LogP contribution in [0.1, 0.15) is 19.4 Å². The quantitative estimate of drug-likeness (QED) is 0.692. The van der Waals surface area contributed by atoms with Crippen molar-refractivity contribution in [2.45, 2.75) is 20.8 Å². The molecule has 0 saturated heterocycles. The summed E-state index contributed by atoms with van der Waals surface area (Å²) in [5.41, 5.74) is 0.982. The number of aryl methyl sites for hydroxylation is 1. The predicted molar refractivity (Wildman–Crippen MR) is 58.4 cm³/mol. The summed E-state index contributed by atoms with van der Waals surface area (Å²) in [4.78, 5) is 17.8. The maximum Gasteiger partial charge on any atom is 0.257 e. The van der Waals surface area contributed by atoms with Crippen LogP contribution in [0.25, 0.3) is 10.8 Å². The van der Waals surface area contributed by atoms with Gasteiger partial charge in [-0.25, -0.2) is 0 Å². The molecule has 2 aromatic heterocycles. The Morgan fingerprint density at radius 1 is 1.29 bits per heavy atom. The summed E-state index contributed by atoms with van der Waals surface area (Å²) in [6, 6.07) is 1.85. The molecule has 2 rings (SSSR count). The van der Waals surface area contributed by atoms with Crippen LogP contribution in [0.3, 0.4) is 0 Å². The Kier molecular flexibility index (Phi) is 3.40. The maximum absolute atomic E-state index is 11.2. The number of nitrogens with one attached hydrogen (secondary N) is 1. The fraction of sp³-hybridized carbons (Fsp3) is 0.273. The smallest absolute Gasteiger partial charge is 0.257 e. The Hall–Kier alpha value is -1.64. The van der Waals surface area contributed by atoms with Crippen molar-refractivity contribution in [2.75, 3.05) is 0 Å². The van der Waals surface area contributed by atoms with Crippen molar-refractivity contribution in [1.29, 1.82) is 0 Å². The van der Waals surface area contributed by atoms with E-state index >= 15 is 0 Å². The van der Waals surface area contributed by atoms with E-state index < -0.39 is 0 Å². The lowest BCUT2D eigenvalue weighted by molar-refractivity contribution is 1.22. The highest BCUT2D eigenvalue weighted by molar-refractivity contribution is 5.83. The van der Waals surface area contributed by atoms with E-state index in [1.807, 2.05) is 26.8 Å². The van der Waals surface area contributed by atoms with Crippen molar-refractivity contribution in [3.05, 3.63) is 40.6 Å². The van der Waals surface area contributed by atoms with Gasteiger partial charge < -0.3 is 4.98 Å². The first kappa shape index (κ1) is 10.4. The number of hydrogen-bond donors (Lipinski definition) is 1.